The van der Waals surface area contributed by atoms with Gasteiger partial charge in [-0.05, 0) is 25.7 Å². The van der Waals surface area contributed by atoms with E-state index >= 15 is 0 Å². The Bertz CT molecular complexity index is 286. The van der Waals surface area contributed by atoms with Gasteiger partial charge in [0.15, 0.2) is 0 Å². The van der Waals surface area contributed by atoms with E-state index in [4.69, 9.17) is 20.6 Å². The highest BCUT2D eigenvalue weighted by Gasteiger charge is 2.42. The summed E-state index contributed by atoms with van der Waals surface area (Å²) in [6.45, 7) is 3.00. The fourth-order valence-electron chi connectivity index (χ4n) is 1.31. The number of rotatable bonds is 7. The second-order valence-corrected chi connectivity index (χ2v) is 6.36. The van der Waals surface area contributed by atoms with Crippen molar-refractivity contribution in [3.05, 3.63) is 0 Å². The van der Waals surface area contributed by atoms with Crippen LogP contribution in [0.15, 0.2) is 0 Å². The fourth-order valence-corrected chi connectivity index (χ4v) is 2.01. The summed E-state index contributed by atoms with van der Waals surface area (Å²) in [5, 5.41) is 6.87. The summed E-state index contributed by atoms with van der Waals surface area (Å²) in [5.74, 6) is -1.22. The molecule has 16 heavy (non-hydrogen) atoms. The molecule has 0 saturated heterocycles. The molecule has 7 heteroatoms. The lowest BCUT2D eigenvalue weighted by Crippen LogP contribution is -2.42. The van der Waals surface area contributed by atoms with E-state index in [0.717, 1.165) is 0 Å². The Balaban J connectivity index is 4.11. The molecule has 96 valence electrons. The maximum absolute atomic E-state index is 11.1. The van der Waals surface area contributed by atoms with Crippen LogP contribution in [-0.4, -0.2) is 26.1 Å². The van der Waals surface area contributed by atoms with Crippen LogP contribution in [0, 0.1) is 5.92 Å². The average molecular weight is 253 g/mol. The van der Waals surface area contributed by atoms with Crippen molar-refractivity contribution in [1.82, 2.24) is 0 Å². The summed E-state index contributed by atoms with van der Waals surface area (Å²) < 4.78 is 11.1. The summed E-state index contributed by atoms with van der Waals surface area (Å²) in [6, 6.07) is 0. The Kier molecular flexibility index (Phi) is 5.62. The lowest BCUT2D eigenvalue weighted by atomic mass is 9.96. The zero-order valence-electron chi connectivity index (χ0n) is 9.59. The number of hydrogen-bond donors (Lipinski definition) is 4. The molecule has 0 radical (unpaired) electrons. The topological polar surface area (TPSA) is 121 Å². The van der Waals surface area contributed by atoms with Crippen molar-refractivity contribution in [2.45, 2.75) is 44.8 Å². The SMILES string of the molecule is CC(CCCCC(=O)O)C(C)(N)P(=O)(O)O. The molecule has 0 saturated carbocycles. The van der Waals surface area contributed by atoms with Crippen molar-refractivity contribution in [3.8, 4) is 0 Å². The first-order valence-electron chi connectivity index (χ1n) is 5.15. The molecule has 0 aliphatic heterocycles. The van der Waals surface area contributed by atoms with Crippen molar-refractivity contribution in [2.75, 3.05) is 0 Å². The Morgan fingerprint density at radius 2 is 1.94 bits per heavy atom. The van der Waals surface area contributed by atoms with Gasteiger partial charge in [-0.25, -0.2) is 0 Å². The first-order valence-corrected chi connectivity index (χ1v) is 6.76. The normalized spacial score (nSPS) is 17.8. The second-order valence-electron chi connectivity index (χ2n) is 4.31. The van der Waals surface area contributed by atoms with E-state index in [2.05, 4.69) is 0 Å². The van der Waals surface area contributed by atoms with E-state index in [1.165, 1.54) is 6.92 Å². The van der Waals surface area contributed by atoms with Crippen molar-refractivity contribution in [3.63, 3.8) is 0 Å². The lowest BCUT2D eigenvalue weighted by Gasteiger charge is -2.32. The van der Waals surface area contributed by atoms with Crippen molar-refractivity contribution < 1.29 is 24.3 Å². The monoisotopic (exact) mass is 253 g/mol. The van der Waals surface area contributed by atoms with Crippen LogP contribution < -0.4 is 5.73 Å². The molecule has 0 aliphatic rings. The Morgan fingerprint density at radius 1 is 1.44 bits per heavy atom. The van der Waals surface area contributed by atoms with Gasteiger partial charge in [0.1, 0.15) is 5.28 Å². The molecule has 0 aromatic heterocycles. The molecule has 0 rings (SSSR count). The van der Waals surface area contributed by atoms with E-state index in [9.17, 15) is 9.36 Å². The number of unbranched alkanes of at least 4 members (excludes halogenated alkanes) is 1. The molecule has 0 bridgehead atoms. The Labute approximate surface area is 95.0 Å². The van der Waals surface area contributed by atoms with Gasteiger partial charge in [0.25, 0.3) is 0 Å². The number of nitrogens with two attached hydrogens (primary N) is 1. The van der Waals surface area contributed by atoms with Crippen LogP contribution >= 0.6 is 7.60 Å². The summed E-state index contributed by atoms with van der Waals surface area (Å²) in [6.07, 6.45) is 1.67. The van der Waals surface area contributed by atoms with Crippen LogP contribution in [0.4, 0.5) is 0 Å². The summed E-state index contributed by atoms with van der Waals surface area (Å²) in [4.78, 5) is 28.4. The Hall–Kier alpha value is -0.420. The van der Waals surface area contributed by atoms with Crippen LogP contribution in [0.5, 0.6) is 0 Å². The molecule has 5 N–H and O–H groups in total. The van der Waals surface area contributed by atoms with Gasteiger partial charge in [0.05, 0.1) is 0 Å². The van der Waals surface area contributed by atoms with E-state index in [1.807, 2.05) is 0 Å². The van der Waals surface area contributed by atoms with Crippen molar-refractivity contribution in [2.24, 2.45) is 11.7 Å². The predicted octanol–water partition coefficient (Wildman–Crippen LogP) is 1.12. The van der Waals surface area contributed by atoms with Gasteiger partial charge < -0.3 is 20.6 Å². The largest absolute Gasteiger partial charge is 0.481 e. The quantitative estimate of drug-likeness (QED) is 0.398. The van der Waals surface area contributed by atoms with Crippen LogP contribution in [0.25, 0.3) is 0 Å². The van der Waals surface area contributed by atoms with E-state index in [-0.39, 0.29) is 12.3 Å². The zero-order valence-corrected chi connectivity index (χ0v) is 10.5. The number of carboxylic acid groups (broad SMARTS) is 1. The third kappa shape index (κ3) is 4.61. The first-order chi connectivity index (χ1) is 7.09. The van der Waals surface area contributed by atoms with Gasteiger partial charge in [-0.1, -0.05) is 13.3 Å². The molecule has 2 atom stereocenters. The number of aliphatic carboxylic acids is 1. The third-order valence-corrected chi connectivity index (χ3v) is 4.60. The van der Waals surface area contributed by atoms with Crippen molar-refractivity contribution in [1.29, 1.82) is 0 Å². The van der Waals surface area contributed by atoms with Gasteiger partial charge in [0.2, 0.25) is 0 Å². The van der Waals surface area contributed by atoms with Crippen LogP contribution in [0.2, 0.25) is 0 Å². The summed E-state index contributed by atoms with van der Waals surface area (Å²) in [7, 11) is -4.33. The molecular weight excluding hydrogens is 233 g/mol. The Morgan fingerprint density at radius 3 is 2.31 bits per heavy atom. The molecule has 0 heterocycles. The fraction of sp³-hybridized carbons (Fsp3) is 0.889. The standard InChI is InChI=1S/C9H20NO5P/c1-7(5-3-4-6-8(11)12)9(2,10)16(13,14)15/h7H,3-6,10H2,1-2H3,(H,11,12)(H2,13,14,15). The zero-order chi connectivity index (χ0) is 13.0. The van der Waals surface area contributed by atoms with Crippen LogP contribution in [-0.2, 0) is 9.36 Å². The third-order valence-electron chi connectivity index (χ3n) is 2.90. The maximum Gasteiger partial charge on any atom is 0.345 e. The van der Waals surface area contributed by atoms with E-state index in [0.29, 0.717) is 19.3 Å². The molecule has 0 amide bonds. The minimum Gasteiger partial charge on any atom is -0.481 e. The van der Waals surface area contributed by atoms with Crippen molar-refractivity contribution >= 4 is 13.6 Å². The number of carbonyl (C=O) groups is 1. The minimum atomic E-state index is -4.33. The van der Waals surface area contributed by atoms with Gasteiger partial charge in [0, 0.05) is 6.42 Å². The summed E-state index contributed by atoms with van der Waals surface area (Å²) in [5.41, 5.74) is 5.60. The smallest absolute Gasteiger partial charge is 0.345 e. The van der Waals surface area contributed by atoms with Gasteiger partial charge in [-0.15, -0.1) is 0 Å². The molecular formula is C9H20NO5P. The molecule has 6 nitrogen and oxygen atoms in total. The molecule has 0 spiro atoms. The maximum atomic E-state index is 11.1. The molecule has 0 aromatic rings. The lowest BCUT2D eigenvalue weighted by molar-refractivity contribution is -0.137. The highest BCUT2D eigenvalue weighted by molar-refractivity contribution is 7.53. The van der Waals surface area contributed by atoms with Gasteiger partial charge >= 0.3 is 13.6 Å². The average Bonchev–Trinajstić information content (AvgIpc) is 2.09. The molecule has 0 aromatic carbocycles. The minimum absolute atomic E-state index is 0.0733. The predicted molar refractivity (Wildman–Crippen MR) is 59.9 cm³/mol. The van der Waals surface area contributed by atoms with Gasteiger partial charge in [-0.2, -0.15) is 0 Å². The van der Waals surface area contributed by atoms with E-state index in [1.54, 1.807) is 6.92 Å². The highest BCUT2D eigenvalue weighted by atomic mass is 31.2. The number of carboxylic acids is 1. The second kappa shape index (κ2) is 5.77. The summed E-state index contributed by atoms with van der Waals surface area (Å²) >= 11 is 0. The first kappa shape index (κ1) is 15.6. The number of hydrogen-bond acceptors (Lipinski definition) is 3. The van der Waals surface area contributed by atoms with E-state index < -0.39 is 18.8 Å². The molecule has 0 fully saturated rings. The molecule has 2 unspecified atom stereocenters. The highest BCUT2D eigenvalue weighted by Crippen LogP contribution is 2.51. The molecule has 0 aliphatic carbocycles. The van der Waals surface area contributed by atoms with Crippen LogP contribution in [0.1, 0.15) is 39.5 Å². The van der Waals surface area contributed by atoms with Crippen LogP contribution in [0.3, 0.4) is 0 Å². The van der Waals surface area contributed by atoms with Gasteiger partial charge in [-0.3, -0.25) is 9.36 Å².